The second kappa shape index (κ2) is 4.70. The van der Waals surface area contributed by atoms with Crippen molar-refractivity contribution in [3.8, 4) is 0 Å². The molecular formula is C13H13F2N3O. The summed E-state index contributed by atoms with van der Waals surface area (Å²) in [5, 5.41) is 3.74. The summed E-state index contributed by atoms with van der Waals surface area (Å²) in [6, 6.07) is 3.52. The topological polar surface area (TPSA) is 42.2 Å². The molecule has 1 fully saturated rings. The molecule has 1 saturated heterocycles. The number of aromatic nitrogens is 2. The molecule has 6 heteroatoms. The molecule has 1 aliphatic heterocycles. The highest BCUT2D eigenvalue weighted by Gasteiger charge is 2.32. The maximum atomic E-state index is 13.5. The lowest BCUT2D eigenvalue weighted by Gasteiger charge is -2.37. The van der Waals surface area contributed by atoms with Crippen LogP contribution < -0.4 is 0 Å². The van der Waals surface area contributed by atoms with Crippen molar-refractivity contribution in [3.63, 3.8) is 0 Å². The van der Waals surface area contributed by atoms with Crippen LogP contribution >= 0.6 is 0 Å². The fourth-order valence-corrected chi connectivity index (χ4v) is 2.24. The highest BCUT2D eigenvalue weighted by atomic mass is 19.1. The maximum absolute atomic E-state index is 13.5. The van der Waals surface area contributed by atoms with Crippen molar-refractivity contribution < 1.29 is 13.3 Å². The average molecular weight is 265 g/mol. The number of nitrogens with zero attached hydrogens (tertiary/aromatic N) is 3. The number of benzene rings is 1. The first kappa shape index (κ1) is 12.2. The van der Waals surface area contributed by atoms with Gasteiger partial charge in [-0.3, -0.25) is 4.90 Å². The van der Waals surface area contributed by atoms with Crippen LogP contribution in [-0.2, 0) is 6.54 Å². The minimum Gasteiger partial charge on any atom is -0.339 e. The van der Waals surface area contributed by atoms with E-state index in [0.717, 1.165) is 25.2 Å². The van der Waals surface area contributed by atoms with Crippen LogP contribution in [0.3, 0.4) is 0 Å². The molecule has 4 nitrogen and oxygen atoms in total. The largest absolute Gasteiger partial charge is 0.339 e. The zero-order valence-corrected chi connectivity index (χ0v) is 10.4. The molecule has 1 aromatic heterocycles. The number of aryl methyl sites for hydroxylation is 1. The quantitative estimate of drug-likeness (QED) is 0.853. The molecule has 0 amide bonds. The summed E-state index contributed by atoms with van der Waals surface area (Å²) in [5.74, 6) is 0.635. The van der Waals surface area contributed by atoms with Crippen LogP contribution in [0.2, 0.25) is 0 Å². The van der Waals surface area contributed by atoms with Crippen LogP contribution in [0.5, 0.6) is 0 Å². The number of hydrogen-bond donors (Lipinski definition) is 0. The molecule has 0 aliphatic carbocycles. The zero-order chi connectivity index (χ0) is 13.4. The zero-order valence-electron chi connectivity index (χ0n) is 10.4. The van der Waals surface area contributed by atoms with Gasteiger partial charge in [-0.1, -0.05) is 5.16 Å². The fraction of sp³-hybridized carbons (Fsp3) is 0.385. The molecule has 0 unspecified atom stereocenters. The summed E-state index contributed by atoms with van der Waals surface area (Å²) in [4.78, 5) is 6.18. The van der Waals surface area contributed by atoms with Crippen molar-refractivity contribution in [1.82, 2.24) is 15.0 Å². The molecule has 0 radical (unpaired) electrons. The monoisotopic (exact) mass is 265 g/mol. The van der Waals surface area contributed by atoms with E-state index in [2.05, 4.69) is 10.1 Å². The van der Waals surface area contributed by atoms with Crippen molar-refractivity contribution in [1.29, 1.82) is 0 Å². The molecule has 3 rings (SSSR count). The van der Waals surface area contributed by atoms with Gasteiger partial charge < -0.3 is 4.52 Å². The summed E-state index contributed by atoms with van der Waals surface area (Å²) in [6.07, 6.45) is 0. The van der Waals surface area contributed by atoms with E-state index in [1.165, 1.54) is 6.07 Å². The third-order valence-electron chi connectivity index (χ3n) is 3.25. The predicted molar refractivity (Wildman–Crippen MR) is 63.4 cm³/mol. The van der Waals surface area contributed by atoms with E-state index >= 15 is 0 Å². The van der Waals surface area contributed by atoms with Gasteiger partial charge in [-0.25, -0.2) is 8.78 Å². The van der Waals surface area contributed by atoms with E-state index in [-0.39, 0.29) is 11.7 Å². The van der Waals surface area contributed by atoms with Gasteiger partial charge in [0.2, 0.25) is 5.89 Å². The molecule has 0 bridgehead atoms. The molecule has 0 saturated carbocycles. The molecule has 1 aromatic carbocycles. The van der Waals surface area contributed by atoms with Gasteiger partial charge in [0.15, 0.2) is 5.82 Å². The van der Waals surface area contributed by atoms with Crippen molar-refractivity contribution in [2.45, 2.75) is 19.4 Å². The smallest absolute Gasteiger partial charge is 0.232 e. The van der Waals surface area contributed by atoms with Gasteiger partial charge >= 0.3 is 0 Å². The van der Waals surface area contributed by atoms with Crippen LogP contribution in [0.1, 0.15) is 23.2 Å². The van der Waals surface area contributed by atoms with Gasteiger partial charge in [-0.05, 0) is 25.1 Å². The first-order chi connectivity index (χ1) is 9.11. The second-order valence-electron chi connectivity index (χ2n) is 4.81. The molecule has 2 aromatic rings. The summed E-state index contributed by atoms with van der Waals surface area (Å²) in [5.41, 5.74) is 0.375. The molecule has 0 spiro atoms. The van der Waals surface area contributed by atoms with Crippen LogP contribution in [0.25, 0.3) is 0 Å². The van der Waals surface area contributed by atoms with Gasteiger partial charge in [0.25, 0.3) is 0 Å². The van der Waals surface area contributed by atoms with Crippen LogP contribution in [0.4, 0.5) is 8.78 Å². The van der Waals surface area contributed by atoms with Gasteiger partial charge in [0, 0.05) is 25.2 Å². The number of hydrogen-bond acceptors (Lipinski definition) is 4. The number of halogens is 2. The normalized spacial score (nSPS) is 16.6. The van der Waals surface area contributed by atoms with E-state index in [0.29, 0.717) is 23.8 Å². The fourth-order valence-electron chi connectivity index (χ4n) is 2.24. The number of rotatable bonds is 3. The maximum Gasteiger partial charge on any atom is 0.232 e. The Morgan fingerprint density at radius 1 is 1.37 bits per heavy atom. The first-order valence-electron chi connectivity index (χ1n) is 6.08. The average Bonchev–Trinajstić information content (AvgIpc) is 2.73. The Labute approximate surface area is 109 Å². The standard InChI is InChI=1S/C13H13F2N3O/c1-8-16-13(19-17-8)10-6-18(7-10)5-9-4-11(14)2-3-12(9)15/h2-4,10H,5-7H2,1H3. The molecule has 2 heterocycles. The molecule has 100 valence electrons. The van der Waals surface area contributed by atoms with E-state index in [9.17, 15) is 8.78 Å². The Kier molecular flexibility index (Phi) is 3.02. The molecule has 19 heavy (non-hydrogen) atoms. The van der Waals surface area contributed by atoms with E-state index < -0.39 is 5.82 Å². The summed E-state index contributed by atoms with van der Waals surface area (Å²) < 4.78 is 31.6. The van der Waals surface area contributed by atoms with Crippen LogP contribution in [0, 0.1) is 18.6 Å². The van der Waals surface area contributed by atoms with E-state index in [1.54, 1.807) is 6.92 Å². The third kappa shape index (κ3) is 2.49. The molecule has 1 aliphatic rings. The Hall–Kier alpha value is -1.82. The highest BCUT2D eigenvalue weighted by Crippen LogP contribution is 2.27. The van der Waals surface area contributed by atoms with Crippen molar-refractivity contribution in [2.75, 3.05) is 13.1 Å². The Morgan fingerprint density at radius 3 is 2.84 bits per heavy atom. The lowest BCUT2D eigenvalue weighted by molar-refractivity contribution is 0.116. The van der Waals surface area contributed by atoms with E-state index in [4.69, 9.17) is 4.52 Å². The molecular weight excluding hydrogens is 252 g/mol. The van der Waals surface area contributed by atoms with Gasteiger partial charge in [0.05, 0.1) is 5.92 Å². The summed E-state index contributed by atoms with van der Waals surface area (Å²) >= 11 is 0. The highest BCUT2D eigenvalue weighted by molar-refractivity contribution is 5.19. The summed E-state index contributed by atoms with van der Waals surface area (Å²) in [7, 11) is 0. The molecule has 0 atom stereocenters. The lowest BCUT2D eigenvalue weighted by atomic mass is 9.99. The van der Waals surface area contributed by atoms with E-state index in [1.807, 2.05) is 4.90 Å². The van der Waals surface area contributed by atoms with Gasteiger partial charge in [-0.2, -0.15) is 4.98 Å². The van der Waals surface area contributed by atoms with Crippen LogP contribution in [-0.4, -0.2) is 28.1 Å². The molecule has 0 N–H and O–H groups in total. The van der Waals surface area contributed by atoms with Crippen molar-refractivity contribution in [3.05, 3.63) is 47.1 Å². The predicted octanol–water partition coefficient (Wildman–Crippen LogP) is 2.26. The van der Waals surface area contributed by atoms with Crippen molar-refractivity contribution >= 4 is 0 Å². The Bertz CT molecular complexity index is 593. The van der Waals surface area contributed by atoms with Gasteiger partial charge in [-0.15, -0.1) is 0 Å². The van der Waals surface area contributed by atoms with Gasteiger partial charge in [0.1, 0.15) is 11.6 Å². The first-order valence-corrected chi connectivity index (χ1v) is 6.08. The number of likely N-dealkylation sites (tertiary alicyclic amines) is 1. The lowest BCUT2D eigenvalue weighted by Crippen LogP contribution is -2.44. The SMILES string of the molecule is Cc1noc(C2CN(Cc3cc(F)ccc3F)C2)n1. The minimum absolute atomic E-state index is 0.192. The second-order valence-corrected chi connectivity index (χ2v) is 4.81. The Balaban J connectivity index is 1.61. The Morgan fingerprint density at radius 2 is 2.16 bits per heavy atom. The third-order valence-corrected chi connectivity index (χ3v) is 3.25. The summed E-state index contributed by atoms with van der Waals surface area (Å²) in [6.45, 7) is 3.61. The van der Waals surface area contributed by atoms with Crippen molar-refractivity contribution in [2.24, 2.45) is 0 Å². The minimum atomic E-state index is -0.416. The van der Waals surface area contributed by atoms with Crippen LogP contribution in [0.15, 0.2) is 22.7 Å².